The van der Waals surface area contributed by atoms with Crippen molar-refractivity contribution >= 4 is 5.91 Å². The highest BCUT2D eigenvalue weighted by Crippen LogP contribution is 2.29. The van der Waals surface area contributed by atoms with Gasteiger partial charge in [0.1, 0.15) is 0 Å². The second-order valence-electron chi connectivity index (χ2n) is 7.23. The molecule has 0 spiro atoms. The lowest BCUT2D eigenvalue weighted by Crippen LogP contribution is -2.43. The number of aromatic nitrogens is 2. The maximum absolute atomic E-state index is 11.6. The first-order chi connectivity index (χ1) is 11.5. The number of nitrogens with zero attached hydrogens (tertiary/aromatic N) is 5. The predicted octanol–water partition coefficient (Wildman–Crippen LogP) is 1.31. The van der Waals surface area contributed by atoms with Crippen molar-refractivity contribution < 1.29 is 9.21 Å². The van der Waals surface area contributed by atoms with Crippen molar-refractivity contribution in [2.75, 3.05) is 39.3 Å². The molecule has 2 aliphatic rings. The molecular formula is C17H29N5O2. The summed E-state index contributed by atoms with van der Waals surface area (Å²) in [4.78, 5) is 18.6. The van der Waals surface area contributed by atoms with Crippen molar-refractivity contribution in [1.29, 1.82) is 0 Å². The zero-order chi connectivity index (χ0) is 17.3. The van der Waals surface area contributed by atoms with Gasteiger partial charge < -0.3 is 9.32 Å². The number of carbonyl (C=O) groups excluding carboxylic acids is 1. The highest BCUT2D eigenvalue weighted by atomic mass is 16.4. The number of aryl methyl sites for hydroxylation is 1. The van der Waals surface area contributed by atoms with Gasteiger partial charge in [-0.2, -0.15) is 0 Å². The summed E-state index contributed by atoms with van der Waals surface area (Å²) in [7, 11) is 0. The Morgan fingerprint density at radius 3 is 2.67 bits per heavy atom. The maximum Gasteiger partial charge on any atom is 0.233 e. The fourth-order valence-electron chi connectivity index (χ4n) is 4.00. The lowest BCUT2D eigenvalue weighted by molar-refractivity contribution is -0.128. The monoisotopic (exact) mass is 335 g/mol. The van der Waals surface area contributed by atoms with Crippen LogP contribution in [0.1, 0.15) is 45.0 Å². The molecule has 2 saturated heterocycles. The van der Waals surface area contributed by atoms with Gasteiger partial charge in [0.05, 0.1) is 6.04 Å². The minimum atomic E-state index is 0.152. The normalized spacial score (nSPS) is 28.1. The largest absolute Gasteiger partial charge is 0.424 e. The lowest BCUT2D eigenvalue weighted by atomic mass is 10.0. The van der Waals surface area contributed by atoms with Gasteiger partial charge in [-0.1, -0.05) is 6.92 Å². The Hall–Kier alpha value is -1.47. The van der Waals surface area contributed by atoms with Gasteiger partial charge in [0.25, 0.3) is 0 Å². The molecule has 2 fully saturated rings. The van der Waals surface area contributed by atoms with E-state index in [9.17, 15) is 4.79 Å². The molecule has 0 aromatic carbocycles. The summed E-state index contributed by atoms with van der Waals surface area (Å²) in [5, 5.41) is 8.13. The third-order valence-corrected chi connectivity index (χ3v) is 5.49. The van der Waals surface area contributed by atoms with Gasteiger partial charge in [0.15, 0.2) is 0 Å². The van der Waals surface area contributed by atoms with E-state index in [1.54, 1.807) is 6.92 Å². The van der Waals surface area contributed by atoms with Gasteiger partial charge in [0, 0.05) is 59.2 Å². The van der Waals surface area contributed by atoms with Crippen molar-refractivity contribution in [2.24, 2.45) is 5.92 Å². The summed E-state index contributed by atoms with van der Waals surface area (Å²) in [6, 6.07) is 0.683. The van der Waals surface area contributed by atoms with Crippen molar-refractivity contribution in [3.8, 4) is 0 Å². The number of carbonyl (C=O) groups is 1. The van der Waals surface area contributed by atoms with Crippen LogP contribution in [0.3, 0.4) is 0 Å². The van der Waals surface area contributed by atoms with Gasteiger partial charge in [-0.3, -0.25) is 14.6 Å². The van der Waals surface area contributed by atoms with Crippen molar-refractivity contribution in [1.82, 2.24) is 24.9 Å². The van der Waals surface area contributed by atoms with E-state index in [0.29, 0.717) is 23.7 Å². The van der Waals surface area contributed by atoms with Gasteiger partial charge >= 0.3 is 0 Å². The molecule has 0 bridgehead atoms. The van der Waals surface area contributed by atoms with E-state index >= 15 is 0 Å². The zero-order valence-corrected chi connectivity index (χ0v) is 15.2. The Morgan fingerprint density at radius 2 is 2.00 bits per heavy atom. The first-order valence-corrected chi connectivity index (χ1v) is 8.99. The minimum Gasteiger partial charge on any atom is -0.424 e. The highest BCUT2D eigenvalue weighted by Gasteiger charge is 2.37. The van der Waals surface area contributed by atoms with E-state index in [-0.39, 0.29) is 11.9 Å². The Balaban J connectivity index is 1.62. The smallest absolute Gasteiger partial charge is 0.233 e. The van der Waals surface area contributed by atoms with Gasteiger partial charge in [-0.25, -0.2) is 0 Å². The maximum atomic E-state index is 11.6. The van der Waals surface area contributed by atoms with Crippen molar-refractivity contribution in [2.45, 2.75) is 46.2 Å². The van der Waals surface area contributed by atoms with Crippen LogP contribution in [-0.2, 0) is 4.79 Å². The molecule has 3 rings (SSSR count). The molecule has 0 aliphatic carbocycles. The number of amides is 1. The van der Waals surface area contributed by atoms with Crippen LogP contribution in [0.5, 0.6) is 0 Å². The zero-order valence-electron chi connectivity index (χ0n) is 15.2. The minimum absolute atomic E-state index is 0.152. The molecule has 0 unspecified atom stereocenters. The van der Waals surface area contributed by atoms with Crippen LogP contribution in [-0.4, -0.2) is 76.1 Å². The molecular weight excluding hydrogens is 306 g/mol. The molecule has 3 atom stereocenters. The Bertz CT molecular complexity index is 575. The summed E-state index contributed by atoms with van der Waals surface area (Å²) in [5.41, 5.74) is 0. The summed E-state index contributed by atoms with van der Waals surface area (Å²) < 4.78 is 5.61. The van der Waals surface area contributed by atoms with Gasteiger partial charge in [-0.15, -0.1) is 10.2 Å². The topological polar surface area (TPSA) is 65.7 Å². The fourth-order valence-corrected chi connectivity index (χ4v) is 4.00. The number of hydrogen-bond acceptors (Lipinski definition) is 6. The Kier molecular flexibility index (Phi) is 5.20. The van der Waals surface area contributed by atoms with E-state index in [4.69, 9.17) is 4.42 Å². The van der Waals surface area contributed by atoms with Crippen LogP contribution in [0.2, 0.25) is 0 Å². The molecule has 2 aliphatic heterocycles. The average molecular weight is 335 g/mol. The van der Waals surface area contributed by atoms with E-state index in [1.807, 2.05) is 11.8 Å². The SMILES string of the molecule is CC(=O)N1CCCN([C@@H]2CN([C@@H](C)c3nnc(C)o3)C[C@@H]2C)CC1. The molecule has 1 amide bonds. The molecule has 1 aromatic rings. The molecule has 3 heterocycles. The highest BCUT2D eigenvalue weighted by molar-refractivity contribution is 5.73. The molecule has 0 N–H and O–H groups in total. The average Bonchev–Trinajstić information content (AvgIpc) is 3.04. The molecule has 7 heteroatoms. The first kappa shape index (κ1) is 17.4. The van der Waals surface area contributed by atoms with Crippen LogP contribution in [0, 0.1) is 12.8 Å². The van der Waals surface area contributed by atoms with Crippen LogP contribution >= 0.6 is 0 Å². The van der Waals surface area contributed by atoms with Crippen LogP contribution in [0.15, 0.2) is 4.42 Å². The van der Waals surface area contributed by atoms with Crippen LogP contribution in [0.25, 0.3) is 0 Å². The lowest BCUT2D eigenvalue weighted by Gasteiger charge is -2.30. The van der Waals surface area contributed by atoms with Crippen LogP contribution < -0.4 is 0 Å². The van der Waals surface area contributed by atoms with Gasteiger partial charge in [0.2, 0.25) is 17.7 Å². The summed E-state index contributed by atoms with van der Waals surface area (Å²) in [6.45, 7) is 13.8. The molecule has 7 nitrogen and oxygen atoms in total. The van der Waals surface area contributed by atoms with E-state index in [2.05, 4.69) is 33.8 Å². The molecule has 24 heavy (non-hydrogen) atoms. The van der Waals surface area contributed by atoms with Gasteiger partial charge in [-0.05, 0) is 19.3 Å². The molecule has 0 radical (unpaired) electrons. The van der Waals surface area contributed by atoms with E-state index in [0.717, 1.165) is 45.7 Å². The van der Waals surface area contributed by atoms with Crippen molar-refractivity contribution in [3.05, 3.63) is 11.8 Å². The Labute approximate surface area is 144 Å². The van der Waals surface area contributed by atoms with E-state index < -0.39 is 0 Å². The number of rotatable bonds is 3. The Morgan fingerprint density at radius 1 is 1.21 bits per heavy atom. The molecule has 134 valence electrons. The van der Waals surface area contributed by atoms with Crippen LogP contribution in [0.4, 0.5) is 0 Å². The van der Waals surface area contributed by atoms with E-state index in [1.165, 1.54) is 0 Å². The first-order valence-electron chi connectivity index (χ1n) is 8.99. The predicted molar refractivity (Wildman–Crippen MR) is 90.4 cm³/mol. The molecule has 0 saturated carbocycles. The third kappa shape index (κ3) is 3.62. The standard InChI is InChI=1S/C17H29N5O2/c1-12-10-22(13(2)17-19-18-14(3)24-17)11-16(12)21-7-5-6-20(8-9-21)15(4)23/h12-13,16H,5-11H2,1-4H3/t12-,13-,16+/m0/s1. The second-order valence-corrected chi connectivity index (χ2v) is 7.23. The summed E-state index contributed by atoms with van der Waals surface area (Å²) in [5.74, 6) is 2.12. The quantitative estimate of drug-likeness (QED) is 0.830. The summed E-state index contributed by atoms with van der Waals surface area (Å²) >= 11 is 0. The third-order valence-electron chi connectivity index (χ3n) is 5.49. The number of hydrogen-bond donors (Lipinski definition) is 0. The van der Waals surface area contributed by atoms with Crippen molar-refractivity contribution in [3.63, 3.8) is 0 Å². The summed E-state index contributed by atoms with van der Waals surface area (Å²) in [6.07, 6.45) is 1.06. The fraction of sp³-hybridized carbons (Fsp3) is 0.824. The molecule has 1 aromatic heterocycles. The number of likely N-dealkylation sites (tertiary alicyclic amines) is 1. The second kappa shape index (κ2) is 7.19.